The van der Waals surface area contributed by atoms with Crippen molar-refractivity contribution in [2.45, 2.75) is 181 Å². The van der Waals surface area contributed by atoms with Crippen molar-refractivity contribution in [3.63, 3.8) is 0 Å². The van der Waals surface area contributed by atoms with Gasteiger partial charge in [0, 0.05) is 12.8 Å². The van der Waals surface area contributed by atoms with Gasteiger partial charge in [-0.1, -0.05) is 66.2 Å². The first kappa shape index (κ1) is 47.7. The zero-order chi connectivity index (χ0) is 38.3. The number of esters is 4. The van der Waals surface area contributed by atoms with E-state index in [1.807, 2.05) is 27.7 Å². The molecule has 0 saturated heterocycles. The predicted octanol–water partition coefficient (Wildman–Crippen LogP) is 4.69. The second-order valence-electron chi connectivity index (χ2n) is 12.8. The van der Waals surface area contributed by atoms with E-state index >= 15 is 0 Å². The Morgan fingerprint density at radius 3 is 1.22 bits per heavy atom. The highest BCUT2D eigenvalue weighted by Crippen LogP contribution is 2.18. The molecular weight excluding hydrogens is 664 g/mol. The van der Waals surface area contributed by atoms with Crippen molar-refractivity contribution in [1.82, 2.24) is 10.6 Å². The second-order valence-corrected chi connectivity index (χ2v) is 12.8. The number of amides is 2. The van der Waals surface area contributed by atoms with Gasteiger partial charge in [-0.3, -0.25) is 28.8 Å². The molecule has 4 unspecified atom stereocenters. The van der Waals surface area contributed by atoms with Crippen LogP contribution in [0.3, 0.4) is 0 Å². The van der Waals surface area contributed by atoms with E-state index in [1.54, 1.807) is 0 Å². The van der Waals surface area contributed by atoms with Crippen LogP contribution in [0.2, 0.25) is 0 Å². The molecule has 4 atom stereocenters. The lowest BCUT2D eigenvalue weighted by atomic mass is 10.0. The molecule has 0 fully saturated rings. The number of hydrogen-bond acceptors (Lipinski definition) is 12. The van der Waals surface area contributed by atoms with Gasteiger partial charge in [0.05, 0.1) is 32.1 Å². The highest BCUT2D eigenvalue weighted by atomic mass is 16.6. The Labute approximate surface area is 304 Å². The quantitative estimate of drug-likeness (QED) is 0.0245. The van der Waals surface area contributed by atoms with E-state index in [0.717, 1.165) is 38.5 Å². The van der Waals surface area contributed by atoms with Crippen molar-refractivity contribution in [1.29, 1.82) is 0 Å². The lowest BCUT2D eigenvalue weighted by Gasteiger charge is -2.23. The van der Waals surface area contributed by atoms with Gasteiger partial charge in [0.15, 0.2) is 0 Å². The molecule has 14 heteroatoms. The Kier molecular flexibility index (Phi) is 29.5. The number of rotatable bonds is 32. The third-order valence-electron chi connectivity index (χ3n) is 8.00. The summed E-state index contributed by atoms with van der Waals surface area (Å²) >= 11 is 0. The van der Waals surface area contributed by atoms with Crippen molar-refractivity contribution in [3.05, 3.63) is 0 Å². The summed E-state index contributed by atoms with van der Waals surface area (Å²) in [5.74, 6) is -3.30. The van der Waals surface area contributed by atoms with Crippen molar-refractivity contribution in [2.75, 3.05) is 19.9 Å². The largest absolute Gasteiger partial charge is 0.465 e. The van der Waals surface area contributed by atoms with E-state index in [4.69, 9.17) is 18.9 Å². The van der Waals surface area contributed by atoms with Gasteiger partial charge in [-0.05, 0) is 64.2 Å². The number of unbranched alkanes of at least 4 members (excludes halogenated alkanes) is 6. The molecule has 0 radical (unpaired) electrons. The minimum atomic E-state index is -0.927. The van der Waals surface area contributed by atoms with Gasteiger partial charge < -0.3 is 39.8 Å². The van der Waals surface area contributed by atoms with E-state index < -0.39 is 61.1 Å². The van der Waals surface area contributed by atoms with Crippen molar-refractivity contribution in [3.8, 4) is 0 Å². The van der Waals surface area contributed by atoms with Gasteiger partial charge >= 0.3 is 23.9 Å². The lowest BCUT2D eigenvalue weighted by molar-refractivity contribution is -0.164. The van der Waals surface area contributed by atoms with Crippen LogP contribution in [0.5, 0.6) is 0 Å². The maximum absolute atomic E-state index is 12.2. The van der Waals surface area contributed by atoms with Crippen LogP contribution >= 0.6 is 0 Å². The van der Waals surface area contributed by atoms with Crippen LogP contribution in [0.15, 0.2) is 0 Å². The van der Waals surface area contributed by atoms with Gasteiger partial charge in [-0.2, -0.15) is 0 Å². The Bertz CT molecular complexity index is 917. The predicted molar refractivity (Wildman–Crippen MR) is 190 cm³/mol. The smallest absolute Gasteiger partial charge is 0.317 e. The van der Waals surface area contributed by atoms with E-state index in [9.17, 15) is 39.0 Å². The number of aliphatic hydroxyl groups excluding tert-OH is 2. The van der Waals surface area contributed by atoms with Gasteiger partial charge in [0.25, 0.3) is 0 Å². The number of aliphatic hydroxyl groups is 2. The second kappa shape index (κ2) is 31.5. The summed E-state index contributed by atoms with van der Waals surface area (Å²) < 4.78 is 20.7. The Balaban J connectivity index is 4.41. The van der Waals surface area contributed by atoms with Gasteiger partial charge in [-0.15, -0.1) is 0 Å². The Hall–Kier alpha value is -3.26. The SMILES string of the molecule is CCCCCC(OC(=O)CC(=O)OCCC)C(O)CCCCC(=O)NCNC(=O)CCCCC(O)C(CCCCC)OC(=O)CC(=O)OCCC. The molecule has 0 rings (SSSR count). The number of nitrogens with one attached hydrogen (secondary N) is 2. The molecule has 0 saturated carbocycles. The molecule has 0 spiro atoms. The van der Waals surface area contributed by atoms with Gasteiger partial charge in [0.2, 0.25) is 11.8 Å². The summed E-state index contributed by atoms with van der Waals surface area (Å²) in [6.07, 6.45) is 6.16. The molecule has 51 heavy (non-hydrogen) atoms. The number of ether oxygens (including phenoxy) is 4. The topological polar surface area (TPSA) is 204 Å². The van der Waals surface area contributed by atoms with Crippen LogP contribution in [0.1, 0.15) is 156 Å². The first-order chi connectivity index (χ1) is 24.5. The zero-order valence-corrected chi connectivity index (χ0v) is 31.5. The third-order valence-corrected chi connectivity index (χ3v) is 8.00. The normalized spacial score (nSPS) is 13.3. The van der Waals surface area contributed by atoms with Crippen LogP contribution in [-0.2, 0) is 47.7 Å². The molecule has 0 aromatic heterocycles. The van der Waals surface area contributed by atoms with E-state index in [1.165, 1.54) is 0 Å². The maximum Gasteiger partial charge on any atom is 0.317 e. The molecule has 2 amide bonds. The number of hydrogen-bond donors (Lipinski definition) is 4. The molecule has 0 aliphatic heterocycles. The van der Waals surface area contributed by atoms with Crippen LogP contribution in [0.4, 0.5) is 0 Å². The molecule has 14 nitrogen and oxygen atoms in total. The molecule has 0 aliphatic rings. The van der Waals surface area contributed by atoms with Crippen molar-refractivity contribution in [2.24, 2.45) is 0 Å². The summed E-state index contributed by atoms with van der Waals surface area (Å²) in [6, 6.07) is 0. The summed E-state index contributed by atoms with van der Waals surface area (Å²) in [5.41, 5.74) is 0. The first-order valence-corrected chi connectivity index (χ1v) is 19.1. The van der Waals surface area contributed by atoms with Crippen LogP contribution in [-0.4, -0.2) is 90.2 Å². The lowest BCUT2D eigenvalue weighted by Crippen LogP contribution is -2.37. The minimum absolute atomic E-state index is 0.0325. The van der Waals surface area contributed by atoms with E-state index in [0.29, 0.717) is 64.2 Å². The molecule has 296 valence electrons. The number of carbonyl (C=O) groups excluding carboxylic acids is 6. The van der Waals surface area contributed by atoms with E-state index in [2.05, 4.69) is 10.6 Å². The zero-order valence-electron chi connectivity index (χ0n) is 31.5. The monoisotopic (exact) mass is 730 g/mol. The molecule has 0 aromatic rings. The van der Waals surface area contributed by atoms with Gasteiger partial charge in [-0.25, -0.2) is 0 Å². The summed E-state index contributed by atoms with van der Waals surface area (Å²) in [4.78, 5) is 72.4. The fraction of sp³-hybridized carbons (Fsp3) is 0.838. The summed E-state index contributed by atoms with van der Waals surface area (Å²) in [5, 5.41) is 26.7. The van der Waals surface area contributed by atoms with Crippen LogP contribution in [0, 0.1) is 0 Å². The van der Waals surface area contributed by atoms with Crippen molar-refractivity contribution >= 4 is 35.7 Å². The third kappa shape index (κ3) is 27.1. The van der Waals surface area contributed by atoms with Crippen LogP contribution < -0.4 is 10.6 Å². The fourth-order valence-electron chi connectivity index (χ4n) is 5.11. The Morgan fingerprint density at radius 1 is 0.490 bits per heavy atom. The highest BCUT2D eigenvalue weighted by Gasteiger charge is 2.26. The molecule has 0 aliphatic carbocycles. The maximum atomic E-state index is 12.2. The van der Waals surface area contributed by atoms with Crippen LogP contribution in [0.25, 0.3) is 0 Å². The molecule has 4 N–H and O–H groups in total. The highest BCUT2D eigenvalue weighted by molar-refractivity contribution is 5.91. The van der Waals surface area contributed by atoms with Gasteiger partial charge in [0.1, 0.15) is 25.0 Å². The minimum Gasteiger partial charge on any atom is -0.465 e. The molecule has 0 heterocycles. The average molecular weight is 731 g/mol. The first-order valence-electron chi connectivity index (χ1n) is 19.1. The fourth-order valence-corrected chi connectivity index (χ4v) is 5.11. The van der Waals surface area contributed by atoms with E-state index in [-0.39, 0.29) is 44.5 Å². The molecule has 0 aromatic carbocycles. The average Bonchev–Trinajstić information content (AvgIpc) is 3.09. The number of carbonyl (C=O) groups is 6. The molecule has 0 bridgehead atoms. The molecular formula is C37H66N2O12. The standard InChI is InChI=1S/C37H66N2O12/c1-5-9-11-19-30(50-36(46)25-34(44)48-23-7-3)28(40)17-13-15-21-32(42)38-27-39-33(43)22-16-14-18-29(41)31(20-12-10-6-2)51-37(47)26-35(45)49-24-8-4/h28-31,40-41H,5-27H2,1-4H3,(H,38,42)(H,39,43). The summed E-state index contributed by atoms with van der Waals surface area (Å²) in [7, 11) is 0. The van der Waals surface area contributed by atoms with Crippen molar-refractivity contribution < 1.29 is 57.9 Å². The Morgan fingerprint density at radius 2 is 0.863 bits per heavy atom. The summed E-state index contributed by atoms with van der Waals surface area (Å²) in [6.45, 7) is 8.20.